The Bertz CT molecular complexity index is 1060. The molecule has 1 heterocycles. The normalized spacial score (nSPS) is 10.8. The predicted octanol–water partition coefficient (Wildman–Crippen LogP) is 2.93. The van der Waals surface area contributed by atoms with Crippen LogP contribution >= 0.6 is 0 Å². The second kappa shape index (κ2) is 11.5. The van der Waals surface area contributed by atoms with Crippen LogP contribution in [0.5, 0.6) is 0 Å². The van der Waals surface area contributed by atoms with E-state index in [4.69, 9.17) is 0 Å². The molecule has 7 nitrogen and oxygen atoms in total. The summed E-state index contributed by atoms with van der Waals surface area (Å²) in [5, 5.41) is 21.2. The van der Waals surface area contributed by atoms with Crippen LogP contribution in [0, 0.1) is 0 Å². The van der Waals surface area contributed by atoms with Gasteiger partial charge in [0.1, 0.15) is 5.69 Å². The summed E-state index contributed by atoms with van der Waals surface area (Å²) < 4.78 is 0. The van der Waals surface area contributed by atoms with Crippen LogP contribution in [0.25, 0.3) is 12.2 Å². The predicted molar refractivity (Wildman–Crippen MR) is 124 cm³/mol. The second-order valence-electron chi connectivity index (χ2n) is 6.95. The van der Waals surface area contributed by atoms with Gasteiger partial charge in [-0.15, -0.1) is 0 Å². The molecule has 0 radical (unpaired) electrons. The van der Waals surface area contributed by atoms with Gasteiger partial charge >= 0.3 is 0 Å². The summed E-state index contributed by atoms with van der Waals surface area (Å²) in [4.78, 5) is 30.5. The average Bonchev–Trinajstić information content (AvgIpc) is 2.84. The third kappa shape index (κ3) is 6.10. The molecule has 0 fully saturated rings. The Balaban J connectivity index is 1.71. The lowest BCUT2D eigenvalue weighted by molar-refractivity contribution is 0.0684. The number of hydrogen-bond acceptors (Lipinski definition) is 5. The number of rotatable bonds is 9. The van der Waals surface area contributed by atoms with Crippen molar-refractivity contribution >= 4 is 29.7 Å². The number of nitrogens with one attached hydrogen (secondary N) is 1. The molecular weight excluding hydrogens is 406 g/mol. The highest BCUT2D eigenvalue weighted by Gasteiger charge is 2.17. The largest absolute Gasteiger partial charge is 0.395 e. The fourth-order valence-corrected chi connectivity index (χ4v) is 3.12. The van der Waals surface area contributed by atoms with Gasteiger partial charge in [0.2, 0.25) is 0 Å². The molecule has 0 bridgehead atoms. The summed E-state index contributed by atoms with van der Waals surface area (Å²) >= 11 is 0. The Hall–Kier alpha value is -3.81. The van der Waals surface area contributed by atoms with E-state index in [1.165, 1.54) is 4.90 Å². The molecule has 3 aromatic rings. The van der Waals surface area contributed by atoms with Crippen LogP contribution in [0.4, 0.5) is 5.69 Å². The van der Waals surface area contributed by atoms with Crippen molar-refractivity contribution in [1.82, 2.24) is 9.88 Å². The van der Waals surface area contributed by atoms with Gasteiger partial charge in [-0.05, 0) is 41.5 Å². The number of carbonyl (C=O) groups is 2. The Morgan fingerprint density at radius 2 is 1.56 bits per heavy atom. The van der Waals surface area contributed by atoms with Gasteiger partial charge in [-0.3, -0.25) is 14.6 Å². The van der Waals surface area contributed by atoms with Crippen LogP contribution in [0.3, 0.4) is 0 Å². The smallest absolute Gasteiger partial charge is 0.274 e. The van der Waals surface area contributed by atoms with E-state index in [2.05, 4.69) is 10.3 Å². The molecule has 164 valence electrons. The second-order valence-corrected chi connectivity index (χ2v) is 6.95. The molecule has 7 heteroatoms. The molecule has 0 aliphatic heterocycles. The minimum atomic E-state index is -0.281. The van der Waals surface area contributed by atoms with E-state index >= 15 is 0 Å². The monoisotopic (exact) mass is 431 g/mol. The van der Waals surface area contributed by atoms with Gasteiger partial charge in [-0.1, -0.05) is 48.6 Å². The lowest BCUT2D eigenvalue weighted by Gasteiger charge is -2.21. The van der Waals surface area contributed by atoms with E-state index in [1.54, 1.807) is 48.7 Å². The molecular formula is C25H25N3O4. The van der Waals surface area contributed by atoms with Crippen molar-refractivity contribution in [2.45, 2.75) is 0 Å². The number of aromatic nitrogens is 1. The third-order valence-electron chi connectivity index (χ3n) is 4.74. The summed E-state index contributed by atoms with van der Waals surface area (Å²) in [6.45, 7) is -0.0355. The van der Waals surface area contributed by atoms with Crippen LogP contribution < -0.4 is 5.32 Å². The van der Waals surface area contributed by atoms with Crippen LogP contribution in [-0.2, 0) is 0 Å². The van der Waals surface area contributed by atoms with Gasteiger partial charge in [0, 0.05) is 30.5 Å². The fraction of sp³-hybridized carbons (Fsp3) is 0.160. The maximum Gasteiger partial charge on any atom is 0.274 e. The highest BCUT2D eigenvalue weighted by molar-refractivity contribution is 6.03. The van der Waals surface area contributed by atoms with Crippen molar-refractivity contribution in [3.63, 3.8) is 0 Å². The SMILES string of the molecule is O=C(Nc1ccc(/C=C/c2ccccc2C(=O)N(CCO)CCO)cc1)c1ccccn1. The zero-order valence-corrected chi connectivity index (χ0v) is 17.5. The van der Waals surface area contributed by atoms with Gasteiger partial charge in [0.25, 0.3) is 11.8 Å². The van der Waals surface area contributed by atoms with Crippen LogP contribution in [0.2, 0.25) is 0 Å². The minimum Gasteiger partial charge on any atom is -0.395 e. The molecule has 2 aromatic carbocycles. The van der Waals surface area contributed by atoms with E-state index in [0.29, 0.717) is 16.9 Å². The molecule has 3 N–H and O–H groups in total. The van der Waals surface area contributed by atoms with Crippen molar-refractivity contribution in [2.75, 3.05) is 31.6 Å². The Labute approximate surface area is 186 Å². The first-order chi connectivity index (χ1) is 15.6. The quantitative estimate of drug-likeness (QED) is 0.452. The molecule has 3 rings (SSSR count). The van der Waals surface area contributed by atoms with Gasteiger partial charge in [-0.2, -0.15) is 0 Å². The molecule has 0 aliphatic rings. The summed E-state index contributed by atoms with van der Waals surface area (Å²) in [6.07, 6.45) is 5.28. The standard InChI is InChI=1S/C25H25N3O4/c29-17-15-28(16-18-30)25(32)22-6-2-1-5-20(22)11-8-19-9-12-21(13-10-19)27-24(31)23-7-3-4-14-26-23/h1-14,29-30H,15-18H2,(H,27,31)/b11-8+. The van der Waals surface area contributed by atoms with Crippen LogP contribution in [0.1, 0.15) is 32.0 Å². The third-order valence-corrected chi connectivity index (χ3v) is 4.74. The first-order valence-corrected chi connectivity index (χ1v) is 10.2. The Morgan fingerprint density at radius 3 is 2.22 bits per heavy atom. The number of hydrogen-bond donors (Lipinski definition) is 3. The van der Waals surface area contributed by atoms with Crippen molar-refractivity contribution < 1.29 is 19.8 Å². The maximum atomic E-state index is 12.8. The lowest BCUT2D eigenvalue weighted by atomic mass is 10.0. The van der Waals surface area contributed by atoms with Crippen molar-refractivity contribution in [3.05, 3.63) is 95.3 Å². The van der Waals surface area contributed by atoms with Gasteiger partial charge < -0.3 is 20.4 Å². The zero-order chi connectivity index (χ0) is 22.8. The number of benzene rings is 2. The van der Waals surface area contributed by atoms with Crippen LogP contribution in [0.15, 0.2) is 72.9 Å². The number of aliphatic hydroxyl groups excluding tert-OH is 2. The fourth-order valence-electron chi connectivity index (χ4n) is 3.12. The molecule has 0 unspecified atom stereocenters. The number of carbonyl (C=O) groups excluding carboxylic acids is 2. The molecule has 32 heavy (non-hydrogen) atoms. The first-order valence-electron chi connectivity index (χ1n) is 10.2. The highest BCUT2D eigenvalue weighted by Crippen LogP contribution is 2.17. The van der Waals surface area contributed by atoms with E-state index in [9.17, 15) is 19.8 Å². The van der Waals surface area contributed by atoms with E-state index in [0.717, 1.165) is 11.1 Å². The molecule has 0 spiro atoms. The number of anilines is 1. The van der Waals surface area contributed by atoms with Crippen molar-refractivity contribution in [1.29, 1.82) is 0 Å². The minimum absolute atomic E-state index is 0.156. The van der Waals surface area contributed by atoms with Gasteiger partial charge in [0.15, 0.2) is 0 Å². The van der Waals surface area contributed by atoms with Crippen molar-refractivity contribution in [2.24, 2.45) is 0 Å². The summed E-state index contributed by atoms with van der Waals surface area (Å²) in [7, 11) is 0. The highest BCUT2D eigenvalue weighted by atomic mass is 16.3. The van der Waals surface area contributed by atoms with Gasteiger partial charge in [0.05, 0.1) is 13.2 Å². The molecule has 0 atom stereocenters. The van der Waals surface area contributed by atoms with E-state index in [1.807, 2.05) is 36.4 Å². The molecule has 0 saturated carbocycles. The Morgan fingerprint density at radius 1 is 0.875 bits per heavy atom. The van der Waals surface area contributed by atoms with Crippen molar-refractivity contribution in [3.8, 4) is 0 Å². The Kier molecular flexibility index (Phi) is 8.25. The molecule has 2 amide bonds. The lowest BCUT2D eigenvalue weighted by Crippen LogP contribution is -2.36. The van der Waals surface area contributed by atoms with Crippen LogP contribution in [-0.4, -0.2) is 58.2 Å². The number of amides is 2. The maximum absolute atomic E-state index is 12.8. The van der Waals surface area contributed by atoms with Gasteiger partial charge in [-0.25, -0.2) is 0 Å². The number of aliphatic hydroxyl groups is 2. The van der Waals surface area contributed by atoms with E-state index < -0.39 is 0 Å². The summed E-state index contributed by atoms with van der Waals surface area (Å²) in [6, 6.07) is 19.6. The zero-order valence-electron chi connectivity index (χ0n) is 17.5. The molecule has 0 aliphatic carbocycles. The molecule has 0 saturated heterocycles. The van der Waals surface area contributed by atoms with E-state index in [-0.39, 0.29) is 38.1 Å². The topological polar surface area (TPSA) is 103 Å². The summed E-state index contributed by atoms with van der Waals surface area (Å²) in [5.74, 6) is -0.530. The summed E-state index contributed by atoms with van der Waals surface area (Å²) in [5.41, 5.74) is 3.10. The number of nitrogens with zero attached hydrogens (tertiary/aromatic N) is 2. The number of pyridine rings is 1. The first kappa shape index (κ1) is 22.9. The molecule has 1 aromatic heterocycles. The average molecular weight is 431 g/mol.